The van der Waals surface area contributed by atoms with Gasteiger partial charge in [0.05, 0.1) is 34.1 Å². The van der Waals surface area contributed by atoms with Gasteiger partial charge in [-0.1, -0.05) is 30.7 Å². The first-order chi connectivity index (χ1) is 14.6. The Morgan fingerprint density at radius 3 is 2.67 bits per heavy atom. The average Bonchev–Trinajstić information content (AvgIpc) is 3.30. The Labute approximate surface area is 181 Å². The largest absolute Gasteiger partial charge is 0.392 e. The lowest BCUT2D eigenvalue weighted by molar-refractivity contribution is 0.0620. The molecule has 4 rings (SSSR count). The molecular formula is C24H28N2O3S. The monoisotopic (exact) mass is 424 g/mol. The van der Waals surface area contributed by atoms with Crippen LogP contribution in [0.3, 0.4) is 0 Å². The van der Waals surface area contributed by atoms with E-state index in [0.717, 1.165) is 54.5 Å². The van der Waals surface area contributed by atoms with Crippen molar-refractivity contribution < 1.29 is 15.0 Å². The molecule has 0 aliphatic heterocycles. The third kappa shape index (κ3) is 4.34. The molecule has 0 spiro atoms. The van der Waals surface area contributed by atoms with Crippen LogP contribution in [0.25, 0.3) is 0 Å². The number of aliphatic hydroxyl groups is 2. The van der Waals surface area contributed by atoms with Gasteiger partial charge in [0.25, 0.3) is 0 Å². The Hall–Kier alpha value is -2.07. The van der Waals surface area contributed by atoms with E-state index in [0.29, 0.717) is 17.2 Å². The van der Waals surface area contributed by atoms with Crippen molar-refractivity contribution in [1.29, 1.82) is 5.26 Å². The molecule has 2 aliphatic carbocycles. The standard InChI is InChI=1S/C24H28N2O3S/c25-12-18-11-21(28)23(20(18)5-2-6-22-26-13-19(14-27)30-22)15-7-9-17(10-8-15)24(29)16-3-1-4-16/h7-10,13-14,16,18,20-21,23-24,28-29H,1-6,11H2/t18-,20?,21+,23?,24?/m0/s1. The van der Waals surface area contributed by atoms with Crippen molar-refractivity contribution in [2.75, 3.05) is 0 Å². The van der Waals surface area contributed by atoms with E-state index in [-0.39, 0.29) is 17.8 Å². The maximum Gasteiger partial charge on any atom is 0.161 e. The van der Waals surface area contributed by atoms with Crippen molar-refractivity contribution in [3.63, 3.8) is 0 Å². The Bertz CT molecular complexity index is 900. The molecule has 2 aromatic rings. The Morgan fingerprint density at radius 1 is 1.30 bits per heavy atom. The summed E-state index contributed by atoms with van der Waals surface area (Å²) in [6.45, 7) is 0. The molecule has 1 aromatic heterocycles. The molecule has 0 radical (unpaired) electrons. The van der Waals surface area contributed by atoms with Crippen LogP contribution in [0.15, 0.2) is 30.5 Å². The second-order valence-electron chi connectivity index (χ2n) is 8.70. The van der Waals surface area contributed by atoms with E-state index in [1.165, 1.54) is 17.8 Å². The molecule has 2 aliphatic rings. The quantitative estimate of drug-likeness (QED) is 0.612. The predicted molar refractivity (Wildman–Crippen MR) is 115 cm³/mol. The Morgan fingerprint density at radius 2 is 2.07 bits per heavy atom. The van der Waals surface area contributed by atoms with Gasteiger partial charge in [-0.15, -0.1) is 11.3 Å². The highest BCUT2D eigenvalue weighted by Crippen LogP contribution is 2.46. The van der Waals surface area contributed by atoms with Crippen LogP contribution in [0.2, 0.25) is 0 Å². The molecule has 0 bridgehead atoms. The van der Waals surface area contributed by atoms with Gasteiger partial charge in [0, 0.05) is 12.1 Å². The number of aryl methyl sites for hydroxylation is 1. The van der Waals surface area contributed by atoms with Crippen molar-refractivity contribution in [3.05, 3.63) is 51.5 Å². The second kappa shape index (κ2) is 9.38. The SMILES string of the molecule is N#C[C@@H]1C[C@@H](O)C(c2ccc(C(O)C3CCC3)cc2)C1CCCc1ncc(C=O)s1. The van der Waals surface area contributed by atoms with Crippen molar-refractivity contribution in [2.45, 2.75) is 63.1 Å². The number of thiazole rings is 1. The Balaban J connectivity index is 1.44. The molecule has 1 heterocycles. The summed E-state index contributed by atoms with van der Waals surface area (Å²) in [6.07, 6.45) is 7.86. The minimum Gasteiger partial charge on any atom is -0.392 e. The fraction of sp³-hybridized carbons (Fsp3) is 0.542. The summed E-state index contributed by atoms with van der Waals surface area (Å²) in [5, 5.41) is 31.8. The lowest BCUT2D eigenvalue weighted by atomic mass is 9.78. The summed E-state index contributed by atoms with van der Waals surface area (Å²) >= 11 is 1.42. The predicted octanol–water partition coefficient (Wildman–Crippen LogP) is 4.42. The third-order valence-electron chi connectivity index (χ3n) is 6.93. The van der Waals surface area contributed by atoms with E-state index in [2.05, 4.69) is 11.1 Å². The number of benzene rings is 1. The number of carbonyl (C=O) groups is 1. The van der Waals surface area contributed by atoms with Crippen LogP contribution in [0, 0.1) is 29.1 Å². The van der Waals surface area contributed by atoms with E-state index >= 15 is 0 Å². The number of nitriles is 1. The van der Waals surface area contributed by atoms with Gasteiger partial charge in [-0.25, -0.2) is 4.98 Å². The van der Waals surface area contributed by atoms with Gasteiger partial charge in [-0.3, -0.25) is 4.79 Å². The van der Waals surface area contributed by atoms with Crippen molar-refractivity contribution in [2.24, 2.45) is 17.8 Å². The van der Waals surface area contributed by atoms with Crippen LogP contribution in [0.5, 0.6) is 0 Å². The molecule has 2 N–H and O–H groups in total. The zero-order chi connectivity index (χ0) is 21.1. The second-order valence-corrected chi connectivity index (χ2v) is 9.84. The molecule has 3 unspecified atom stereocenters. The molecule has 5 nitrogen and oxygen atoms in total. The lowest BCUT2D eigenvalue weighted by Crippen LogP contribution is -2.21. The fourth-order valence-corrected chi connectivity index (χ4v) is 5.82. The number of carbonyl (C=O) groups excluding carboxylic acids is 1. The molecule has 2 fully saturated rings. The number of hydrogen-bond acceptors (Lipinski definition) is 6. The van der Waals surface area contributed by atoms with Gasteiger partial charge >= 0.3 is 0 Å². The lowest BCUT2D eigenvalue weighted by Gasteiger charge is -2.31. The van der Waals surface area contributed by atoms with E-state index in [4.69, 9.17) is 0 Å². The minimum atomic E-state index is -0.524. The minimum absolute atomic E-state index is 0.0635. The molecule has 0 saturated heterocycles. The summed E-state index contributed by atoms with van der Waals surface area (Å²) in [6, 6.07) is 10.4. The highest BCUT2D eigenvalue weighted by molar-refractivity contribution is 7.13. The number of aliphatic hydroxyl groups excluding tert-OH is 2. The molecular weight excluding hydrogens is 396 g/mol. The number of rotatable bonds is 8. The number of hydrogen-bond donors (Lipinski definition) is 2. The van der Waals surface area contributed by atoms with Gasteiger partial charge < -0.3 is 10.2 Å². The summed E-state index contributed by atoms with van der Waals surface area (Å²) in [5.74, 6) is 0.241. The average molecular weight is 425 g/mol. The van der Waals surface area contributed by atoms with Crippen molar-refractivity contribution in [1.82, 2.24) is 4.98 Å². The van der Waals surface area contributed by atoms with Crippen LogP contribution in [-0.2, 0) is 6.42 Å². The smallest absolute Gasteiger partial charge is 0.161 e. The van der Waals surface area contributed by atoms with E-state index in [1.54, 1.807) is 6.20 Å². The summed E-state index contributed by atoms with van der Waals surface area (Å²) in [4.78, 5) is 15.8. The molecule has 5 atom stereocenters. The normalized spacial score (nSPS) is 27.4. The van der Waals surface area contributed by atoms with Crippen LogP contribution in [0.1, 0.15) is 76.4 Å². The highest BCUT2D eigenvalue weighted by Gasteiger charge is 2.43. The summed E-state index contributed by atoms with van der Waals surface area (Å²) in [5.41, 5.74) is 1.99. The van der Waals surface area contributed by atoms with E-state index < -0.39 is 12.2 Å². The molecule has 6 heteroatoms. The van der Waals surface area contributed by atoms with Gasteiger partial charge in [0.15, 0.2) is 6.29 Å². The number of aromatic nitrogens is 1. The van der Waals surface area contributed by atoms with E-state index in [9.17, 15) is 20.3 Å². The van der Waals surface area contributed by atoms with Crippen LogP contribution in [-0.4, -0.2) is 27.6 Å². The van der Waals surface area contributed by atoms with E-state index in [1.807, 2.05) is 24.3 Å². The summed E-state index contributed by atoms with van der Waals surface area (Å²) < 4.78 is 0. The number of aldehydes is 1. The Kier molecular flexibility index (Phi) is 6.62. The third-order valence-corrected chi connectivity index (χ3v) is 7.91. The fourth-order valence-electron chi connectivity index (χ4n) is 5.04. The van der Waals surface area contributed by atoms with Gasteiger partial charge in [0.1, 0.15) is 0 Å². The van der Waals surface area contributed by atoms with Gasteiger partial charge in [0.2, 0.25) is 0 Å². The molecule has 0 amide bonds. The van der Waals surface area contributed by atoms with Crippen LogP contribution in [0.4, 0.5) is 0 Å². The first kappa shape index (κ1) is 21.2. The molecule has 1 aromatic carbocycles. The number of nitrogens with zero attached hydrogens (tertiary/aromatic N) is 2. The van der Waals surface area contributed by atoms with Crippen molar-refractivity contribution in [3.8, 4) is 6.07 Å². The highest BCUT2D eigenvalue weighted by atomic mass is 32.1. The molecule has 2 saturated carbocycles. The maximum absolute atomic E-state index is 10.8. The van der Waals surface area contributed by atoms with Gasteiger partial charge in [-0.2, -0.15) is 5.26 Å². The van der Waals surface area contributed by atoms with Crippen LogP contribution >= 0.6 is 11.3 Å². The zero-order valence-corrected chi connectivity index (χ0v) is 17.8. The maximum atomic E-state index is 10.8. The van der Waals surface area contributed by atoms with Gasteiger partial charge in [-0.05, 0) is 61.5 Å². The molecule has 158 valence electrons. The molecule has 30 heavy (non-hydrogen) atoms. The summed E-state index contributed by atoms with van der Waals surface area (Å²) in [7, 11) is 0. The first-order valence-electron chi connectivity index (χ1n) is 10.9. The first-order valence-corrected chi connectivity index (χ1v) is 11.7. The van der Waals surface area contributed by atoms with Crippen molar-refractivity contribution >= 4 is 17.6 Å². The van der Waals surface area contributed by atoms with Crippen LogP contribution < -0.4 is 0 Å². The zero-order valence-electron chi connectivity index (χ0n) is 17.0. The topological polar surface area (TPSA) is 94.2 Å².